The first-order chi connectivity index (χ1) is 15.7. The van der Waals surface area contributed by atoms with Crippen LogP contribution in [0.1, 0.15) is 27.0 Å². The van der Waals surface area contributed by atoms with Gasteiger partial charge in [-0.1, -0.05) is 18.2 Å². The molecule has 0 bridgehead atoms. The van der Waals surface area contributed by atoms with Crippen LogP contribution in [-0.4, -0.2) is 23.9 Å². The third-order valence-corrected chi connectivity index (χ3v) is 5.39. The van der Waals surface area contributed by atoms with Gasteiger partial charge in [0, 0.05) is 43.4 Å². The van der Waals surface area contributed by atoms with Gasteiger partial charge in [0.25, 0.3) is 5.91 Å². The fourth-order valence-corrected chi connectivity index (χ4v) is 3.66. The number of nitrogens with one attached hydrogen (secondary N) is 1. The quantitative estimate of drug-likeness (QED) is 0.563. The van der Waals surface area contributed by atoms with Gasteiger partial charge in [0.2, 0.25) is 0 Å². The van der Waals surface area contributed by atoms with Crippen LogP contribution >= 0.6 is 0 Å². The van der Waals surface area contributed by atoms with Gasteiger partial charge in [-0.3, -0.25) is 9.69 Å². The molecule has 3 aromatic carbocycles. The van der Waals surface area contributed by atoms with Gasteiger partial charge in [-0.05, 0) is 35.4 Å². The highest BCUT2D eigenvalue weighted by molar-refractivity contribution is 5.99. The lowest BCUT2D eigenvalue weighted by Crippen LogP contribution is -2.44. The van der Waals surface area contributed by atoms with E-state index in [1.54, 1.807) is 31.3 Å². The van der Waals surface area contributed by atoms with Crippen molar-refractivity contribution in [3.63, 3.8) is 0 Å². The molecule has 0 unspecified atom stereocenters. The molecule has 9 heteroatoms. The predicted molar refractivity (Wildman–Crippen MR) is 113 cm³/mol. The molecule has 1 aliphatic rings. The Bertz CT molecular complexity index is 1210. The van der Waals surface area contributed by atoms with E-state index >= 15 is 0 Å². The molecule has 0 radical (unpaired) electrons. The maximum atomic E-state index is 13.8. The number of benzene rings is 3. The average molecular weight is 457 g/mol. The number of hydrogen-bond donors (Lipinski definition) is 1. The van der Waals surface area contributed by atoms with Crippen LogP contribution in [0, 0.1) is 23.3 Å². The Morgan fingerprint density at radius 3 is 2.27 bits per heavy atom. The summed E-state index contributed by atoms with van der Waals surface area (Å²) < 4.78 is 54.0. The van der Waals surface area contributed by atoms with E-state index in [1.807, 2.05) is 0 Å². The van der Waals surface area contributed by atoms with Crippen molar-refractivity contribution in [2.75, 3.05) is 11.9 Å². The van der Waals surface area contributed by atoms with E-state index < -0.39 is 41.3 Å². The average Bonchev–Trinajstić information content (AvgIpc) is 2.77. The van der Waals surface area contributed by atoms with Gasteiger partial charge in [-0.25, -0.2) is 22.4 Å². The summed E-state index contributed by atoms with van der Waals surface area (Å²) in [4.78, 5) is 28.5. The van der Waals surface area contributed by atoms with Gasteiger partial charge in [-0.2, -0.15) is 0 Å². The number of nitrogens with zero attached hydrogens (tertiary/aromatic N) is 2. The second-order valence-corrected chi connectivity index (χ2v) is 7.73. The minimum atomic E-state index is -1.10. The number of fused-ring (bicyclic) bond motifs is 1. The third-order valence-electron chi connectivity index (χ3n) is 5.39. The molecular formula is C24H19F4N3O2. The molecule has 0 spiro atoms. The zero-order valence-electron chi connectivity index (χ0n) is 17.5. The van der Waals surface area contributed by atoms with E-state index in [2.05, 4.69) is 5.32 Å². The SMILES string of the molecule is CN1Cc2ccc(C(=O)NCc3c(F)cc(F)cc3F)cc2N(Cc2ccc(F)cc2)C1=O. The second-order valence-electron chi connectivity index (χ2n) is 7.73. The number of halogens is 4. The summed E-state index contributed by atoms with van der Waals surface area (Å²) in [7, 11) is 1.65. The topological polar surface area (TPSA) is 52.7 Å². The molecular weight excluding hydrogens is 438 g/mol. The number of urea groups is 1. The van der Waals surface area contributed by atoms with Crippen LogP contribution in [0.4, 0.5) is 28.0 Å². The van der Waals surface area contributed by atoms with Crippen molar-refractivity contribution in [3.05, 3.63) is 100 Å². The summed E-state index contributed by atoms with van der Waals surface area (Å²) >= 11 is 0. The fraction of sp³-hybridized carbons (Fsp3) is 0.167. The molecule has 0 saturated heterocycles. The smallest absolute Gasteiger partial charge is 0.324 e. The van der Waals surface area contributed by atoms with Crippen LogP contribution in [0.2, 0.25) is 0 Å². The maximum Gasteiger partial charge on any atom is 0.324 e. The number of rotatable bonds is 5. The highest BCUT2D eigenvalue weighted by Crippen LogP contribution is 2.30. The van der Waals surface area contributed by atoms with Gasteiger partial charge in [0.05, 0.1) is 12.2 Å². The van der Waals surface area contributed by atoms with Gasteiger partial charge in [0.15, 0.2) is 0 Å². The van der Waals surface area contributed by atoms with Crippen molar-refractivity contribution in [1.29, 1.82) is 0 Å². The van der Waals surface area contributed by atoms with Crippen LogP contribution < -0.4 is 10.2 Å². The van der Waals surface area contributed by atoms with Gasteiger partial charge < -0.3 is 10.2 Å². The lowest BCUT2D eigenvalue weighted by Gasteiger charge is -2.35. The number of hydrogen-bond acceptors (Lipinski definition) is 2. The van der Waals surface area contributed by atoms with Gasteiger partial charge >= 0.3 is 6.03 Å². The fourth-order valence-electron chi connectivity index (χ4n) is 3.66. The molecule has 33 heavy (non-hydrogen) atoms. The zero-order chi connectivity index (χ0) is 23.7. The molecule has 4 rings (SSSR count). The lowest BCUT2D eigenvalue weighted by atomic mass is 10.0. The van der Waals surface area contributed by atoms with Crippen molar-refractivity contribution in [3.8, 4) is 0 Å². The molecule has 0 aliphatic carbocycles. The standard InChI is InChI=1S/C24H19F4N3O2/c1-30-13-16-5-4-15(23(32)29-11-19-20(27)9-18(26)10-21(19)28)8-22(16)31(24(30)33)12-14-2-6-17(25)7-3-14/h2-10H,11-13H2,1H3,(H,29,32). The van der Waals surface area contributed by atoms with Crippen LogP contribution in [-0.2, 0) is 19.6 Å². The van der Waals surface area contributed by atoms with Crippen molar-refractivity contribution < 1.29 is 27.2 Å². The number of anilines is 1. The molecule has 1 heterocycles. The number of carbonyl (C=O) groups is 2. The molecule has 0 fully saturated rings. The highest BCUT2D eigenvalue weighted by atomic mass is 19.1. The molecule has 0 atom stereocenters. The Morgan fingerprint density at radius 1 is 0.939 bits per heavy atom. The largest absolute Gasteiger partial charge is 0.348 e. The van der Waals surface area contributed by atoms with E-state index in [4.69, 9.17) is 0 Å². The van der Waals surface area contributed by atoms with Crippen molar-refractivity contribution in [2.45, 2.75) is 19.6 Å². The summed E-state index contributed by atoms with van der Waals surface area (Å²) in [5.74, 6) is -4.26. The predicted octanol–water partition coefficient (Wildman–Crippen LogP) is 4.75. The molecule has 0 aromatic heterocycles. The molecule has 1 aliphatic heterocycles. The number of amides is 3. The van der Waals surface area contributed by atoms with Crippen LogP contribution in [0.5, 0.6) is 0 Å². The highest BCUT2D eigenvalue weighted by Gasteiger charge is 2.29. The molecule has 3 amide bonds. The van der Waals surface area contributed by atoms with E-state index in [9.17, 15) is 27.2 Å². The minimum absolute atomic E-state index is 0.160. The lowest BCUT2D eigenvalue weighted by molar-refractivity contribution is 0.0950. The first-order valence-corrected chi connectivity index (χ1v) is 10.0. The second kappa shape index (κ2) is 8.93. The summed E-state index contributed by atoms with van der Waals surface area (Å²) in [6, 6.07) is 11.3. The Morgan fingerprint density at radius 2 is 1.61 bits per heavy atom. The molecule has 0 saturated carbocycles. The van der Waals surface area contributed by atoms with Crippen LogP contribution in [0.3, 0.4) is 0 Å². The van der Waals surface area contributed by atoms with E-state index in [1.165, 1.54) is 28.0 Å². The summed E-state index contributed by atoms with van der Waals surface area (Å²) in [5.41, 5.74) is 1.72. The molecule has 1 N–H and O–H groups in total. The summed E-state index contributed by atoms with van der Waals surface area (Å²) in [5, 5.41) is 2.42. The third kappa shape index (κ3) is 4.67. The van der Waals surface area contributed by atoms with E-state index in [-0.39, 0.29) is 18.1 Å². The monoisotopic (exact) mass is 457 g/mol. The van der Waals surface area contributed by atoms with Crippen LogP contribution in [0.25, 0.3) is 0 Å². The van der Waals surface area contributed by atoms with Crippen LogP contribution in [0.15, 0.2) is 54.6 Å². The Labute approximate surface area is 187 Å². The summed E-state index contributed by atoms with van der Waals surface area (Å²) in [6.07, 6.45) is 0. The van der Waals surface area contributed by atoms with Crippen molar-refractivity contribution in [1.82, 2.24) is 10.2 Å². The Balaban J connectivity index is 1.58. The van der Waals surface area contributed by atoms with Gasteiger partial charge in [0.1, 0.15) is 23.3 Å². The Hall–Kier alpha value is -3.88. The first kappa shape index (κ1) is 22.3. The maximum absolute atomic E-state index is 13.8. The summed E-state index contributed by atoms with van der Waals surface area (Å²) in [6.45, 7) is 0.0182. The minimum Gasteiger partial charge on any atom is -0.348 e. The normalized spacial score (nSPS) is 13.2. The first-order valence-electron chi connectivity index (χ1n) is 10.0. The van der Waals surface area contributed by atoms with Crippen molar-refractivity contribution in [2.24, 2.45) is 0 Å². The zero-order valence-corrected chi connectivity index (χ0v) is 17.5. The number of carbonyl (C=O) groups excluding carboxylic acids is 2. The molecule has 170 valence electrons. The molecule has 3 aromatic rings. The van der Waals surface area contributed by atoms with E-state index in [0.717, 1.165) is 5.56 Å². The van der Waals surface area contributed by atoms with Gasteiger partial charge in [-0.15, -0.1) is 0 Å². The Kier molecular flexibility index (Phi) is 6.04. The molecule has 5 nitrogen and oxygen atoms in total. The van der Waals surface area contributed by atoms with Crippen molar-refractivity contribution >= 4 is 17.6 Å². The van der Waals surface area contributed by atoms with E-state index in [0.29, 0.717) is 29.9 Å².